The molecule has 2 N–H and O–H groups in total. The van der Waals surface area contributed by atoms with Crippen LogP contribution in [0.15, 0.2) is 0 Å². The topological polar surface area (TPSA) is 64.3 Å². The predicted octanol–water partition coefficient (Wildman–Crippen LogP) is 0.667. The summed E-state index contributed by atoms with van der Waals surface area (Å²) in [6, 6.07) is -0.734. The van der Waals surface area contributed by atoms with Crippen molar-refractivity contribution in [2.75, 3.05) is 13.1 Å². The Bertz CT molecular complexity index is 235. The zero-order valence-electron chi connectivity index (χ0n) is 9.79. The molecule has 2 unspecified atom stereocenters. The highest BCUT2D eigenvalue weighted by molar-refractivity contribution is 5.82. The van der Waals surface area contributed by atoms with Gasteiger partial charge in [-0.3, -0.25) is 4.79 Å². The molecule has 0 aromatic rings. The maximum Gasteiger partial charge on any atom is 0.241 e. The number of hydrogen-bond donors (Lipinski definition) is 1. The van der Waals surface area contributed by atoms with Gasteiger partial charge in [-0.05, 0) is 18.3 Å². The molecule has 2 atom stereocenters. The average molecular weight is 213 g/mol. The van der Waals surface area contributed by atoms with Gasteiger partial charge in [0.15, 0.2) is 0 Å². The van der Waals surface area contributed by atoms with Gasteiger partial charge >= 0.3 is 0 Å². The summed E-state index contributed by atoms with van der Waals surface area (Å²) in [5.74, 6) is -0.152. The molecular weight excluding hydrogens is 192 g/mol. The second kappa shape index (κ2) is 4.49. The van der Waals surface area contributed by atoms with E-state index in [9.17, 15) is 9.90 Å². The number of nitrogens with one attached hydrogen (secondary N) is 1. The fourth-order valence-electron chi connectivity index (χ4n) is 1.71. The second-order valence-electron chi connectivity index (χ2n) is 5.38. The Labute approximate surface area is 91.4 Å². The largest absolute Gasteiger partial charge is 0.391 e. The molecule has 0 saturated carbocycles. The minimum Gasteiger partial charge on any atom is -0.391 e. The van der Waals surface area contributed by atoms with Crippen molar-refractivity contribution < 1.29 is 9.90 Å². The van der Waals surface area contributed by atoms with Crippen LogP contribution in [-0.4, -0.2) is 41.1 Å². The number of amides is 1. The minimum atomic E-state index is -0.734. The molecule has 0 aliphatic carbocycles. The van der Waals surface area contributed by atoms with Gasteiger partial charge < -0.3 is 10.0 Å². The summed E-state index contributed by atoms with van der Waals surface area (Å²) in [6.45, 7) is 6.75. The summed E-state index contributed by atoms with van der Waals surface area (Å²) >= 11 is 0. The lowest BCUT2D eigenvalue weighted by Gasteiger charge is -2.35. The molecule has 87 valence electrons. The van der Waals surface area contributed by atoms with Gasteiger partial charge in [0, 0.05) is 13.1 Å². The Balaban J connectivity index is 2.60. The number of aliphatic hydroxyl groups excluding tert-OH is 1. The highest BCUT2D eigenvalue weighted by Crippen LogP contribution is 2.21. The standard InChI is InChI=1S/C11H21N2O2/c1-11(2,3)9(12)10(15)13-6-4-5-8(14)7-13/h8-9,12,14H,4-7H2,1-3H3. The maximum absolute atomic E-state index is 11.9. The van der Waals surface area contributed by atoms with E-state index in [-0.39, 0.29) is 11.3 Å². The summed E-state index contributed by atoms with van der Waals surface area (Å²) in [6.07, 6.45) is 1.20. The van der Waals surface area contributed by atoms with E-state index in [0.717, 1.165) is 12.8 Å². The van der Waals surface area contributed by atoms with E-state index in [2.05, 4.69) is 0 Å². The third-order valence-corrected chi connectivity index (χ3v) is 2.82. The van der Waals surface area contributed by atoms with Crippen molar-refractivity contribution in [3.8, 4) is 0 Å². The number of rotatable bonds is 1. The van der Waals surface area contributed by atoms with E-state index >= 15 is 0 Å². The molecule has 0 aromatic carbocycles. The number of β-amino-alcohol motifs (C(OH)–C–C–N with tert-alkyl or cyclic N) is 1. The van der Waals surface area contributed by atoms with E-state index in [1.807, 2.05) is 20.8 Å². The highest BCUT2D eigenvalue weighted by Gasteiger charge is 2.33. The molecule has 0 aromatic heterocycles. The van der Waals surface area contributed by atoms with E-state index in [4.69, 9.17) is 5.73 Å². The van der Waals surface area contributed by atoms with Crippen molar-refractivity contribution in [1.82, 2.24) is 10.6 Å². The summed E-state index contributed by atoms with van der Waals surface area (Å²) in [5, 5.41) is 9.46. The molecule has 15 heavy (non-hydrogen) atoms. The number of carbonyl (C=O) groups is 1. The van der Waals surface area contributed by atoms with Gasteiger partial charge in [-0.15, -0.1) is 0 Å². The number of likely N-dealkylation sites (tertiary alicyclic amines) is 1. The van der Waals surface area contributed by atoms with E-state index in [0.29, 0.717) is 13.1 Å². The van der Waals surface area contributed by atoms with Crippen molar-refractivity contribution in [3.05, 3.63) is 0 Å². The van der Waals surface area contributed by atoms with Crippen LogP contribution in [-0.2, 0) is 4.79 Å². The van der Waals surface area contributed by atoms with Crippen LogP contribution in [0.5, 0.6) is 0 Å². The minimum absolute atomic E-state index is 0.152. The fourth-order valence-corrected chi connectivity index (χ4v) is 1.71. The lowest BCUT2D eigenvalue weighted by molar-refractivity contribution is -0.138. The third-order valence-electron chi connectivity index (χ3n) is 2.82. The predicted molar refractivity (Wildman–Crippen MR) is 58.2 cm³/mol. The van der Waals surface area contributed by atoms with Crippen molar-refractivity contribution >= 4 is 5.91 Å². The van der Waals surface area contributed by atoms with Crippen molar-refractivity contribution in [2.45, 2.75) is 45.8 Å². The van der Waals surface area contributed by atoms with Crippen LogP contribution in [0.3, 0.4) is 0 Å². The van der Waals surface area contributed by atoms with Crippen LogP contribution >= 0.6 is 0 Å². The molecule has 4 heteroatoms. The van der Waals surface area contributed by atoms with Gasteiger partial charge in [0.1, 0.15) is 6.04 Å². The van der Waals surface area contributed by atoms with Crippen molar-refractivity contribution in [3.63, 3.8) is 0 Å². The molecule has 1 amide bonds. The summed E-state index contributed by atoms with van der Waals surface area (Å²) in [7, 11) is 0. The first-order chi connectivity index (χ1) is 6.82. The van der Waals surface area contributed by atoms with E-state index in [1.165, 1.54) is 0 Å². The second-order valence-corrected chi connectivity index (χ2v) is 5.38. The van der Waals surface area contributed by atoms with E-state index in [1.54, 1.807) is 4.90 Å². The molecule has 0 spiro atoms. The molecule has 0 bridgehead atoms. The van der Waals surface area contributed by atoms with Crippen LogP contribution in [0.4, 0.5) is 0 Å². The van der Waals surface area contributed by atoms with Crippen LogP contribution in [0, 0.1) is 5.41 Å². The third kappa shape index (κ3) is 3.18. The number of nitrogens with zero attached hydrogens (tertiary/aromatic N) is 1. The van der Waals surface area contributed by atoms with Crippen LogP contribution in [0.25, 0.3) is 0 Å². The Kier molecular flexibility index (Phi) is 3.73. The summed E-state index contributed by atoms with van der Waals surface area (Å²) in [5.41, 5.74) is 7.52. The number of aliphatic hydroxyl groups is 1. The smallest absolute Gasteiger partial charge is 0.241 e. The Morgan fingerprint density at radius 3 is 2.60 bits per heavy atom. The van der Waals surface area contributed by atoms with Crippen LogP contribution in [0.2, 0.25) is 0 Å². The van der Waals surface area contributed by atoms with Gasteiger partial charge in [0.05, 0.1) is 6.10 Å². The molecular formula is C11H21N2O2. The molecule has 1 saturated heterocycles. The van der Waals surface area contributed by atoms with Crippen molar-refractivity contribution in [2.24, 2.45) is 5.41 Å². The van der Waals surface area contributed by atoms with Crippen molar-refractivity contribution in [1.29, 1.82) is 0 Å². The summed E-state index contributed by atoms with van der Waals surface area (Å²) < 4.78 is 0. The Hall–Kier alpha value is -0.610. The van der Waals surface area contributed by atoms with Gasteiger partial charge in [-0.2, -0.15) is 0 Å². The SMILES string of the molecule is CC(C)(C)C([NH])C(=O)N1CCCC(O)C1. The summed E-state index contributed by atoms with van der Waals surface area (Å²) in [4.78, 5) is 13.5. The van der Waals surface area contributed by atoms with Gasteiger partial charge in [0.2, 0.25) is 5.91 Å². The number of carbonyl (C=O) groups excluding carboxylic acids is 1. The monoisotopic (exact) mass is 213 g/mol. The maximum atomic E-state index is 11.9. The zero-order valence-corrected chi connectivity index (χ0v) is 9.79. The Morgan fingerprint density at radius 2 is 2.13 bits per heavy atom. The molecule has 1 heterocycles. The van der Waals surface area contributed by atoms with Crippen LogP contribution < -0.4 is 5.73 Å². The van der Waals surface area contributed by atoms with Gasteiger partial charge in [0.25, 0.3) is 0 Å². The lowest BCUT2D eigenvalue weighted by Crippen LogP contribution is -2.50. The molecule has 1 fully saturated rings. The Morgan fingerprint density at radius 1 is 1.53 bits per heavy atom. The molecule has 1 aliphatic rings. The molecule has 4 nitrogen and oxygen atoms in total. The number of hydrogen-bond acceptors (Lipinski definition) is 2. The highest BCUT2D eigenvalue weighted by atomic mass is 16.3. The van der Waals surface area contributed by atoms with E-state index < -0.39 is 12.1 Å². The fraction of sp³-hybridized carbons (Fsp3) is 0.909. The zero-order chi connectivity index (χ0) is 11.6. The molecule has 1 radical (unpaired) electrons. The van der Waals surface area contributed by atoms with Gasteiger partial charge in [-0.25, -0.2) is 5.73 Å². The normalized spacial score (nSPS) is 25.1. The average Bonchev–Trinajstić information content (AvgIpc) is 2.14. The number of piperidine rings is 1. The molecule has 1 aliphatic heterocycles. The van der Waals surface area contributed by atoms with Crippen LogP contribution in [0.1, 0.15) is 33.6 Å². The quantitative estimate of drug-likeness (QED) is 0.695. The molecule has 1 rings (SSSR count). The first kappa shape index (κ1) is 12.5. The lowest BCUT2D eigenvalue weighted by atomic mass is 9.86. The first-order valence-electron chi connectivity index (χ1n) is 5.50. The first-order valence-corrected chi connectivity index (χ1v) is 5.50. The van der Waals surface area contributed by atoms with Gasteiger partial charge in [-0.1, -0.05) is 20.8 Å².